The standard InChI is InChI=1S/C18H36N2O/c1-14(2)13-20-17(21)11-12-19-16-8-6-7-15(9-10-16)18(3,4)5/h14-16,19H,6-13H2,1-5H3,(H,20,21). The molecular formula is C18H36N2O. The predicted octanol–water partition coefficient (Wildman–Crippen LogP) is 3.73. The van der Waals surface area contributed by atoms with Crippen molar-refractivity contribution in [3.05, 3.63) is 0 Å². The number of amides is 1. The highest BCUT2D eigenvalue weighted by atomic mass is 16.1. The van der Waals surface area contributed by atoms with E-state index in [0.29, 0.717) is 23.8 Å². The van der Waals surface area contributed by atoms with E-state index >= 15 is 0 Å². The Bertz CT molecular complexity index is 307. The lowest BCUT2D eigenvalue weighted by molar-refractivity contribution is -0.121. The molecule has 0 aromatic rings. The minimum Gasteiger partial charge on any atom is -0.356 e. The lowest BCUT2D eigenvalue weighted by Crippen LogP contribution is -2.34. The Kier molecular flexibility index (Phi) is 7.72. The first kappa shape index (κ1) is 18.5. The number of hydrogen-bond donors (Lipinski definition) is 2. The Morgan fingerprint density at radius 3 is 2.48 bits per heavy atom. The number of hydrogen-bond acceptors (Lipinski definition) is 2. The molecule has 21 heavy (non-hydrogen) atoms. The summed E-state index contributed by atoms with van der Waals surface area (Å²) in [6.07, 6.45) is 7.12. The fraction of sp³-hybridized carbons (Fsp3) is 0.944. The first-order chi connectivity index (χ1) is 9.79. The van der Waals surface area contributed by atoms with Gasteiger partial charge in [-0.15, -0.1) is 0 Å². The molecule has 2 atom stereocenters. The Morgan fingerprint density at radius 2 is 1.86 bits per heavy atom. The van der Waals surface area contributed by atoms with Crippen molar-refractivity contribution in [3.8, 4) is 0 Å². The molecule has 2 unspecified atom stereocenters. The molecule has 0 aliphatic heterocycles. The van der Waals surface area contributed by atoms with E-state index in [1.165, 1.54) is 32.1 Å². The van der Waals surface area contributed by atoms with Crippen molar-refractivity contribution in [1.29, 1.82) is 0 Å². The second kappa shape index (κ2) is 8.77. The molecule has 2 N–H and O–H groups in total. The van der Waals surface area contributed by atoms with Crippen molar-refractivity contribution >= 4 is 5.91 Å². The summed E-state index contributed by atoms with van der Waals surface area (Å²) in [6, 6.07) is 0.607. The topological polar surface area (TPSA) is 41.1 Å². The fourth-order valence-electron chi connectivity index (χ4n) is 3.17. The van der Waals surface area contributed by atoms with E-state index in [1.54, 1.807) is 0 Å². The van der Waals surface area contributed by atoms with Gasteiger partial charge in [0, 0.05) is 25.6 Å². The van der Waals surface area contributed by atoms with Gasteiger partial charge >= 0.3 is 0 Å². The molecule has 1 rings (SSSR count). The number of carbonyl (C=O) groups excluding carboxylic acids is 1. The molecule has 3 nitrogen and oxygen atoms in total. The summed E-state index contributed by atoms with van der Waals surface area (Å²) < 4.78 is 0. The lowest BCUT2D eigenvalue weighted by atomic mass is 9.76. The normalized spacial score (nSPS) is 23.9. The fourth-order valence-corrected chi connectivity index (χ4v) is 3.17. The van der Waals surface area contributed by atoms with Gasteiger partial charge in [0.15, 0.2) is 0 Å². The summed E-state index contributed by atoms with van der Waals surface area (Å²) in [4.78, 5) is 11.7. The van der Waals surface area contributed by atoms with Crippen LogP contribution in [0.15, 0.2) is 0 Å². The van der Waals surface area contributed by atoms with Crippen LogP contribution < -0.4 is 10.6 Å². The van der Waals surface area contributed by atoms with Crippen LogP contribution in [-0.4, -0.2) is 25.0 Å². The van der Waals surface area contributed by atoms with Crippen molar-refractivity contribution in [2.45, 2.75) is 79.2 Å². The maximum Gasteiger partial charge on any atom is 0.221 e. The second-order valence-corrected chi connectivity index (χ2v) is 8.17. The van der Waals surface area contributed by atoms with Gasteiger partial charge < -0.3 is 10.6 Å². The predicted molar refractivity (Wildman–Crippen MR) is 90.3 cm³/mol. The van der Waals surface area contributed by atoms with E-state index in [1.807, 2.05) is 0 Å². The molecule has 0 heterocycles. The van der Waals surface area contributed by atoms with Crippen LogP contribution in [0.25, 0.3) is 0 Å². The summed E-state index contributed by atoms with van der Waals surface area (Å²) in [5.74, 6) is 1.55. The molecule has 0 aromatic carbocycles. The molecule has 124 valence electrons. The summed E-state index contributed by atoms with van der Waals surface area (Å²) in [6.45, 7) is 12.9. The minimum atomic E-state index is 0.178. The van der Waals surface area contributed by atoms with E-state index in [0.717, 1.165) is 19.0 Å². The van der Waals surface area contributed by atoms with E-state index in [9.17, 15) is 4.79 Å². The van der Waals surface area contributed by atoms with Gasteiger partial charge in [-0.25, -0.2) is 0 Å². The molecule has 1 saturated carbocycles. The van der Waals surface area contributed by atoms with E-state index < -0.39 is 0 Å². The SMILES string of the molecule is CC(C)CNC(=O)CCNC1CCCC(C(C)(C)C)CC1. The van der Waals surface area contributed by atoms with E-state index in [-0.39, 0.29) is 5.91 Å². The van der Waals surface area contributed by atoms with Crippen molar-refractivity contribution in [1.82, 2.24) is 10.6 Å². The first-order valence-corrected chi connectivity index (χ1v) is 8.79. The van der Waals surface area contributed by atoms with Crippen LogP contribution in [0.1, 0.15) is 73.1 Å². The maximum atomic E-state index is 11.7. The Morgan fingerprint density at radius 1 is 1.14 bits per heavy atom. The highest BCUT2D eigenvalue weighted by Gasteiger charge is 2.27. The van der Waals surface area contributed by atoms with Crippen molar-refractivity contribution in [2.24, 2.45) is 17.3 Å². The average molecular weight is 296 g/mol. The van der Waals surface area contributed by atoms with E-state index in [4.69, 9.17) is 0 Å². The van der Waals surface area contributed by atoms with Gasteiger partial charge in [0.05, 0.1) is 0 Å². The maximum absolute atomic E-state index is 11.7. The minimum absolute atomic E-state index is 0.178. The molecular weight excluding hydrogens is 260 g/mol. The molecule has 3 heteroatoms. The average Bonchev–Trinajstić information content (AvgIpc) is 2.61. The van der Waals surface area contributed by atoms with Crippen molar-refractivity contribution < 1.29 is 4.79 Å². The van der Waals surface area contributed by atoms with Crippen LogP contribution in [0, 0.1) is 17.3 Å². The van der Waals surface area contributed by atoms with Crippen LogP contribution in [0.3, 0.4) is 0 Å². The Balaban J connectivity index is 2.20. The first-order valence-electron chi connectivity index (χ1n) is 8.79. The Hall–Kier alpha value is -0.570. The molecule has 0 bridgehead atoms. The third-order valence-corrected chi connectivity index (χ3v) is 4.69. The third kappa shape index (κ3) is 7.85. The largest absolute Gasteiger partial charge is 0.356 e. The molecule has 1 aliphatic rings. The molecule has 1 aliphatic carbocycles. The zero-order chi connectivity index (χ0) is 15.9. The lowest BCUT2D eigenvalue weighted by Gasteiger charge is -2.29. The van der Waals surface area contributed by atoms with Crippen LogP contribution in [-0.2, 0) is 4.79 Å². The van der Waals surface area contributed by atoms with Gasteiger partial charge in [0.2, 0.25) is 5.91 Å². The zero-order valence-corrected chi connectivity index (χ0v) is 14.8. The highest BCUT2D eigenvalue weighted by molar-refractivity contribution is 5.76. The third-order valence-electron chi connectivity index (χ3n) is 4.69. The molecule has 1 fully saturated rings. The quantitative estimate of drug-likeness (QED) is 0.733. The van der Waals surface area contributed by atoms with Gasteiger partial charge in [0.1, 0.15) is 0 Å². The van der Waals surface area contributed by atoms with Gasteiger partial charge in [0.25, 0.3) is 0 Å². The number of carbonyl (C=O) groups is 1. The number of rotatable bonds is 6. The summed E-state index contributed by atoms with van der Waals surface area (Å²) in [7, 11) is 0. The molecule has 0 radical (unpaired) electrons. The molecule has 1 amide bonds. The van der Waals surface area contributed by atoms with Crippen LogP contribution in [0.4, 0.5) is 0 Å². The van der Waals surface area contributed by atoms with Crippen LogP contribution in [0.2, 0.25) is 0 Å². The van der Waals surface area contributed by atoms with Crippen LogP contribution in [0.5, 0.6) is 0 Å². The van der Waals surface area contributed by atoms with E-state index in [2.05, 4.69) is 45.3 Å². The van der Waals surface area contributed by atoms with Crippen molar-refractivity contribution in [2.75, 3.05) is 13.1 Å². The molecule has 0 aromatic heterocycles. The number of nitrogens with one attached hydrogen (secondary N) is 2. The smallest absolute Gasteiger partial charge is 0.221 e. The summed E-state index contributed by atoms with van der Waals surface area (Å²) in [5, 5.41) is 6.57. The molecule has 0 saturated heterocycles. The highest BCUT2D eigenvalue weighted by Crippen LogP contribution is 2.36. The molecule has 0 spiro atoms. The van der Waals surface area contributed by atoms with Gasteiger partial charge in [-0.05, 0) is 42.9 Å². The van der Waals surface area contributed by atoms with Crippen molar-refractivity contribution in [3.63, 3.8) is 0 Å². The van der Waals surface area contributed by atoms with Gasteiger partial charge in [-0.1, -0.05) is 41.0 Å². The summed E-state index contributed by atoms with van der Waals surface area (Å²) >= 11 is 0. The van der Waals surface area contributed by atoms with Gasteiger partial charge in [-0.2, -0.15) is 0 Å². The van der Waals surface area contributed by atoms with Gasteiger partial charge in [-0.3, -0.25) is 4.79 Å². The summed E-state index contributed by atoms with van der Waals surface area (Å²) in [5.41, 5.74) is 0.436. The monoisotopic (exact) mass is 296 g/mol. The second-order valence-electron chi connectivity index (χ2n) is 8.17. The van der Waals surface area contributed by atoms with Crippen LogP contribution >= 0.6 is 0 Å². The zero-order valence-electron chi connectivity index (χ0n) is 14.8. The Labute approximate surface area is 131 Å².